The number of carbonyl (C=O) groups excluding carboxylic acids is 2. The van der Waals surface area contributed by atoms with Gasteiger partial charge in [-0.2, -0.15) is 5.10 Å². The number of ketones is 1. The van der Waals surface area contributed by atoms with Crippen molar-refractivity contribution >= 4 is 28.2 Å². The van der Waals surface area contributed by atoms with Gasteiger partial charge < -0.3 is 0 Å². The van der Waals surface area contributed by atoms with Crippen LogP contribution in [0.15, 0.2) is 36.5 Å². The lowest BCUT2D eigenvalue weighted by Crippen LogP contribution is -2.15. The molecule has 1 amide bonds. The standard InChI is InChI=1S/C21H22N4O2S/c1-12(2)25-18(15-9-10-15)16(11-22-25)20(27)24-21-23-17(19(28-21)13(3)26)14-7-5-4-6-8-14/h4-8,11-12,15H,9-10H2,1-3H3,(H,23,24,27). The smallest absolute Gasteiger partial charge is 0.260 e. The summed E-state index contributed by atoms with van der Waals surface area (Å²) in [5, 5.41) is 7.73. The summed E-state index contributed by atoms with van der Waals surface area (Å²) >= 11 is 1.21. The van der Waals surface area contributed by atoms with E-state index in [1.807, 2.05) is 35.0 Å². The van der Waals surface area contributed by atoms with Crippen LogP contribution in [0.4, 0.5) is 5.13 Å². The number of Topliss-reactive ketones (excluding diaryl/α,β-unsaturated/α-hetero) is 1. The summed E-state index contributed by atoms with van der Waals surface area (Å²) < 4.78 is 1.94. The molecule has 0 bridgehead atoms. The number of aromatic nitrogens is 3. The minimum atomic E-state index is -0.225. The van der Waals surface area contributed by atoms with Crippen molar-refractivity contribution in [1.29, 1.82) is 0 Å². The topological polar surface area (TPSA) is 76.9 Å². The summed E-state index contributed by atoms with van der Waals surface area (Å²) in [6.07, 6.45) is 3.81. The van der Waals surface area contributed by atoms with Gasteiger partial charge in [-0.05, 0) is 26.7 Å². The molecule has 7 heteroatoms. The third kappa shape index (κ3) is 3.49. The molecule has 6 nitrogen and oxygen atoms in total. The molecule has 2 heterocycles. The van der Waals surface area contributed by atoms with E-state index in [4.69, 9.17) is 0 Å². The molecule has 1 aliphatic rings. The first kappa shape index (κ1) is 18.6. The summed E-state index contributed by atoms with van der Waals surface area (Å²) in [6, 6.07) is 9.73. The number of anilines is 1. The highest BCUT2D eigenvalue weighted by Gasteiger charge is 2.33. The molecular weight excluding hydrogens is 372 g/mol. The fourth-order valence-electron chi connectivity index (χ4n) is 3.29. The fourth-order valence-corrected chi connectivity index (χ4v) is 4.17. The van der Waals surface area contributed by atoms with Crippen molar-refractivity contribution in [2.75, 3.05) is 5.32 Å². The normalized spacial score (nSPS) is 13.7. The zero-order valence-corrected chi connectivity index (χ0v) is 16.9. The van der Waals surface area contributed by atoms with E-state index in [1.54, 1.807) is 6.20 Å². The molecule has 1 fully saturated rings. The Kier molecular flexibility index (Phi) is 4.85. The van der Waals surface area contributed by atoms with Crippen LogP contribution >= 0.6 is 11.3 Å². The van der Waals surface area contributed by atoms with E-state index in [-0.39, 0.29) is 17.7 Å². The monoisotopic (exact) mass is 394 g/mol. The van der Waals surface area contributed by atoms with Crippen molar-refractivity contribution in [3.05, 3.63) is 52.7 Å². The molecule has 144 valence electrons. The number of hydrogen-bond acceptors (Lipinski definition) is 5. The maximum atomic E-state index is 12.9. The Balaban J connectivity index is 1.65. The molecule has 1 saturated carbocycles. The fraction of sp³-hybridized carbons (Fsp3) is 0.333. The molecule has 2 aromatic heterocycles. The van der Waals surface area contributed by atoms with Crippen LogP contribution in [0.25, 0.3) is 11.3 Å². The lowest BCUT2D eigenvalue weighted by atomic mass is 10.1. The molecule has 0 radical (unpaired) electrons. The molecule has 4 rings (SSSR count). The van der Waals surface area contributed by atoms with Gasteiger partial charge in [0.2, 0.25) is 0 Å². The van der Waals surface area contributed by atoms with Crippen LogP contribution < -0.4 is 5.32 Å². The summed E-state index contributed by atoms with van der Waals surface area (Å²) in [5.74, 6) is 0.106. The number of amides is 1. The molecule has 0 unspecified atom stereocenters. The predicted molar refractivity (Wildman–Crippen MR) is 110 cm³/mol. The number of benzene rings is 1. The van der Waals surface area contributed by atoms with Crippen LogP contribution in [0.1, 0.15) is 71.3 Å². The van der Waals surface area contributed by atoms with Crippen LogP contribution in [-0.4, -0.2) is 26.5 Å². The zero-order chi connectivity index (χ0) is 19.8. The highest BCUT2D eigenvalue weighted by Crippen LogP contribution is 2.42. The average Bonchev–Trinajstić information content (AvgIpc) is 3.26. The molecule has 1 N–H and O–H groups in total. The van der Waals surface area contributed by atoms with E-state index < -0.39 is 0 Å². The van der Waals surface area contributed by atoms with Crippen molar-refractivity contribution in [1.82, 2.24) is 14.8 Å². The molecule has 0 aliphatic heterocycles. The number of rotatable bonds is 6. The minimum absolute atomic E-state index is 0.0665. The molecule has 3 aromatic rings. The predicted octanol–water partition coefficient (Wildman–Crippen LogP) is 4.92. The second-order valence-electron chi connectivity index (χ2n) is 7.33. The Morgan fingerprint density at radius 1 is 1.21 bits per heavy atom. The maximum Gasteiger partial charge on any atom is 0.260 e. The molecule has 1 aliphatic carbocycles. The Morgan fingerprint density at radius 3 is 2.54 bits per heavy atom. The highest BCUT2D eigenvalue weighted by molar-refractivity contribution is 7.18. The van der Waals surface area contributed by atoms with Crippen molar-refractivity contribution < 1.29 is 9.59 Å². The summed E-state index contributed by atoms with van der Waals surface area (Å²) in [6.45, 7) is 5.64. The largest absolute Gasteiger partial charge is 0.298 e. The number of thiazole rings is 1. The van der Waals surface area contributed by atoms with Gasteiger partial charge in [-0.15, -0.1) is 0 Å². The lowest BCUT2D eigenvalue weighted by molar-refractivity contribution is 0.101. The van der Waals surface area contributed by atoms with Crippen LogP contribution in [0, 0.1) is 0 Å². The summed E-state index contributed by atoms with van der Waals surface area (Å²) in [4.78, 5) is 30.1. The second-order valence-corrected chi connectivity index (χ2v) is 8.33. The number of hydrogen-bond donors (Lipinski definition) is 1. The van der Waals surface area contributed by atoms with Crippen LogP contribution in [0.5, 0.6) is 0 Å². The molecule has 0 atom stereocenters. The summed E-state index contributed by atoms with van der Waals surface area (Å²) in [7, 11) is 0. The van der Waals surface area contributed by atoms with Crippen molar-refractivity contribution in [2.24, 2.45) is 0 Å². The van der Waals surface area contributed by atoms with Gasteiger partial charge in [0.05, 0.1) is 28.0 Å². The van der Waals surface area contributed by atoms with Crippen LogP contribution in [0.2, 0.25) is 0 Å². The number of nitrogens with zero attached hydrogens (tertiary/aromatic N) is 3. The third-order valence-electron chi connectivity index (χ3n) is 4.75. The minimum Gasteiger partial charge on any atom is -0.298 e. The average molecular weight is 395 g/mol. The van der Waals surface area contributed by atoms with Gasteiger partial charge >= 0.3 is 0 Å². The molecular formula is C21H22N4O2S. The van der Waals surface area contributed by atoms with E-state index >= 15 is 0 Å². The molecule has 0 spiro atoms. The molecule has 1 aromatic carbocycles. The van der Waals surface area contributed by atoms with E-state index in [0.29, 0.717) is 27.2 Å². The lowest BCUT2D eigenvalue weighted by Gasteiger charge is -2.11. The van der Waals surface area contributed by atoms with E-state index in [2.05, 4.69) is 29.2 Å². The first-order valence-electron chi connectivity index (χ1n) is 9.41. The Hall–Kier alpha value is -2.80. The Morgan fingerprint density at radius 2 is 1.93 bits per heavy atom. The van der Waals surface area contributed by atoms with Gasteiger partial charge in [-0.25, -0.2) is 4.98 Å². The maximum absolute atomic E-state index is 12.9. The van der Waals surface area contributed by atoms with Crippen LogP contribution in [-0.2, 0) is 0 Å². The van der Waals surface area contributed by atoms with Gasteiger partial charge in [0.15, 0.2) is 10.9 Å². The Labute approximate surface area is 167 Å². The van der Waals surface area contributed by atoms with Gasteiger partial charge in [0.1, 0.15) is 0 Å². The SMILES string of the molecule is CC(=O)c1sc(NC(=O)c2cnn(C(C)C)c2C2CC2)nc1-c1ccccc1. The zero-order valence-electron chi connectivity index (χ0n) is 16.1. The van der Waals surface area contributed by atoms with Gasteiger partial charge in [0.25, 0.3) is 5.91 Å². The van der Waals surface area contributed by atoms with Gasteiger partial charge in [-0.3, -0.25) is 19.6 Å². The Bertz CT molecular complexity index is 1030. The van der Waals surface area contributed by atoms with E-state index in [0.717, 1.165) is 24.1 Å². The first-order valence-corrected chi connectivity index (χ1v) is 10.2. The van der Waals surface area contributed by atoms with Crippen molar-refractivity contribution in [3.63, 3.8) is 0 Å². The van der Waals surface area contributed by atoms with Crippen LogP contribution in [0.3, 0.4) is 0 Å². The molecule has 28 heavy (non-hydrogen) atoms. The quantitative estimate of drug-likeness (QED) is 0.602. The van der Waals surface area contributed by atoms with Gasteiger partial charge in [0, 0.05) is 24.4 Å². The second kappa shape index (κ2) is 7.31. The first-order chi connectivity index (χ1) is 13.5. The van der Waals surface area contributed by atoms with Crippen molar-refractivity contribution in [2.45, 2.75) is 45.6 Å². The third-order valence-corrected chi connectivity index (χ3v) is 5.82. The van der Waals surface area contributed by atoms with Gasteiger partial charge in [-0.1, -0.05) is 41.7 Å². The highest BCUT2D eigenvalue weighted by atomic mass is 32.1. The van der Waals surface area contributed by atoms with E-state index in [9.17, 15) is 9.59 Å². The van der Waals surface area contributed by atoms with Crippen molar-refractivity contribution in [3.8, 4) is 11.3 Å². The summed E-state index contributed by atoms with van der Waals surface area (Å²) in [5.41, 5.74) is 3.06. The number of carbonyl (C=O) groups is 2. The number of nitrogens with one attached hydrogen (secondary N) is 1. The van der Waals surface area contributed by atoms with E-state index in [1.165, 1.54) is 18.3 Å². The molecule has 0 saturated heterocycles.